The third kappa shape index (κ3) is 5.74. The number of carbonyl (C=O) groups is 2. The van der Waals surface area contributed by atoms with Gasteiger partial charge in [0.05, 0.1) is 5.69 Å². The van der Waals surface area contributed by atoms with Crippen LogP contribution in [0.2, 0.25) is 0 Å². The molecule has 0 aromatic heterocycles. The highest BCUT2D eigenvalue weighted by Crippen LogP contribution is 2.35. The SMILES string of the molecule is O=C(Nc1cccc2c1OC(C(=O)NOC1CCCCO1)CC2)OCc1ccccc1. The number of hydrogen-bond donors (Lipinski definition) is 2. The smallest absolute Gasteiger partial charge is 0.412 e. The lowest BCUT2D eigenvalue weighted by Crippen LogP contribution is -2.43. The van der Waals surface area contributed by atoms with E-state index in [1.165, 1.54) is 0 Å². The Kier molecular flexibility index (Phi) is 7.01. The number of benzene rings is 2. The Morgan fingerprint density at radius 1 is 1.03 bits per heavy atom. The fraction of sp³-hybridized carbons (Fsp3) is 0.391. The number of hydroxylamine groups is 1. The van der Waals surface area contributed by atoms with Gasteiger partial charge in [0.1, 0.15) is 12.4 Å². The van der Waals surface area contributed by atoms with Gasteiger partial charge in [-0.15, -0.1) is 0 Å². The van der Waals surface area contributed by atoms with Crippen LogP contribution < -0.4 is 15.5 Å². The normalized spacial score (nSPS) is 20.1. The predicted octanol–water partition coefficient (Wildman–Crippen LogP) is 3.70. The van der Waals surface area contributed by atoms with Crippen molar-refractivity contribution >= 4 is 17.7 Å². The topological polar surface area (TPSA) is 95.1 Å². The van der Waals surface area contributed by atoms with Crippen LogP contribution in [0, 0.1) is 0 Å². The number of para-hydroxylation sites is 1. The highest BCUT2D eigenvalue weighted by molar-refractivity contribution is 5.88. The fourth-order valence-corrected chi connectivity index (χ4v) is 3.55. The number of amides is 2. The van der Waals surface area contributed by atoms with Crippen molar-refractivity contribution in [2.24, 2.45) is 0 Å². The van der Waals surface area contributed by atoms with Gasteiger partial charge in [-0.3, -0.25) is 10.1 Å². The van der Waals surface area contributed by atoms with Crippen molar-refractivity contribution in [1.29, 1.82) is 0 Å². The maximum absolute atomic E-state index is 12.5. The minimum absolute atomic E-state index is 0.161. The second kappa shape index (κ2) is 10.3. The third-order valence-corrected chi connectivity index (χ3v) is 5.20. The Balaban J connectivity index is 1.33. The largest absolute Gasteiger partial charge is 0.478 e. The molecule has 8 nitrogen and oxygen atoms in total. The average Bonchev–Trinajstić information content (AvgIpc) is 2.82. The molecule has 2 aliphatic heterocycles. The first kappa shape index (κ1) is 21.1. The van der Waals surface area contributed by atoms with Crippen LogP contribution in [-0.4, -0.2) is 31.0 Å². The van der Waals surface area contributed by atoms with Gasteiger partial charge in [-0.2, -0.15) is 0 Å². The van der Waals surface area contributed by atoms with Crippen LogP contribution in [0.3, 0.4) is 0 Å². The van der Waals surface area contributed by atoms with E-state index in [0.29, 0.717) is 30.9 Å². The van der Waals surface area contributed by atoms with E-state index in [4.69, 9.17) is 19.0 Å². The second-order valence-corrected chi connectivity index (χ2v) is 7.51. The molecular formula is C23H26N2O6. The molecule has 164 valence electrons. The highest BCUT2D eigenvalue weighted by atomic mass is 16.8. The van der Waals surface area contributed by atoms with Crippen LogP contribution in [0.25, 0.3) is 0 Å². The standard InChI is InChI=1S/C23H26N2O6/c26-22(25-31-20-11-4-5-14-28-20)19-13-12-17-9-6-10-18(21(17)30-19)24-23(27)29-15-16-7-2-1-3-8-16/h1-3,6-10,19-20H,4-5,11-15H2,(H,24,27)(H,25,26). The van der Waals surface area contributed by atoms with Crippen molar-refractivity contribution < 1.29 is 28.6 Å². The number of ether oxygens (including phenoxy) is 3. The highest BCUT2D eigenvalue weighted by Gasteiger charge is 2.29. The van der Waals surface area contributed by atoms with Crippen molar-refractivity contribution in [3.8, 4) is 5.75 Å². The van der Waals surface area contributed by atoms with Crippen LogP contribution in [0.15, 0.2) is 48.5 Å². The Bertz CT molecular complexity index is 898. The van der Waals surface area contributed by atoms with Crippen molar-refractivity contribution in [2.45, 2.75) is 51.1 Å². The number of anilines is 1. The first-order valence-electron chi connectivity index (χ1n) is 10.5. The number of fused-ring (bicyclic) bond motifs is 1. The summed E-state index contributed by atoms with van der Waals surface area (Å²) in [4.78, 5) is 30.1. The summed E-state index contributed by atoms with van der Waals surface area (Å²) in [6.45, 7) is 0.789. The van der Waals surface area contributed by atoms with E-state index in [1.807, 2.05) is 42.5 Å². The molecule has 2 unspecified atom stereocenters. The molecule has 0 radical (unpaired) electrons. The zero-order valence-electron chi connectivity index (χ0n) is 17.2. The van der Waals surface area contributed by atoms with Crippen LogP contribution in [0.1, 0.15) is 36.8 Å². The van der Waals surface area contributed by atoms with E-state index >= 15 is 0 Å². The van der Waals surface area contributed by atoms with E-state index in [9.17, 15) is 9.59 Å². The summed E-state index contributed by atoms with van der Waals surface area (Å²) in [5.74, 6) is 0.0979. The molecule has 2 amide bonds. The maximum Gasteiger partial charge on any atom is 0.412 e. The Morgan fingerprint density at radius 3 is 2.71 bits per heavy atom. The molecular weight excluding hydrogens is 400 g/mol. The molecule has 0 saturated carbocycles. The molecule has 2 heterocycles. The molecule has 2 N–H and O–H groups in total. The van der Waals surface area contributed by atoms with Crippen molar-refractivity contribution in [3.63, 3.8) is 0 Å². The zero-order valence-corrected chi connectivity index (χ0v) is 17.2. The van der Waals surface area contributed by atoms with E-state index in [-0.39, 0.29) is 12.5 Å². The van der Waals surface area contributed by atoms with E-state index in [0.717, 1.165) is 30.4 Å². The van der Waals surface area contributed by atoms with Crippen molar-refractivity contribution in [1.82, 2.24) is 5.48 Å². The van der Waals surface area contributed by atoms with Gasteiger partial charge in [-0.25, -0.2) is 15.1 Å². The summed E-state index contributed by atoms with van der Waals surface area (Å²) < 4.78 is 16.7. The van der Waals surface area contributed by atoms with Crippen molar-refractivity contribution in [2.75, 3.05) is 11.9 Å². The molecule has 0 aliphatic carbocycles. The summed E-state index contributed by atoms with van der Waals surface area (Å²) in [5.41, 5.74) is 4.72. The lowest BCUT2D eigenvalue weighted by molar-refractivity contribution is -0.203. The zero-order chi connectivity index (χ0) is 21.5. The molecule has 0 bridgehead atoms. The quantitative estimate of drug-likeness (QED) is 0.684. The molecule has 1 fully saturated rings. The van der Waals surface area contributed by atoms with Gasteiger partial charge in [0.25, 0.3) is 5.91 Å². The van der Waals surface area contributed by atoms with E-state index in [2.05, 4.69) is 10.8 Å². The summed E-state index contributed by atoms with van der Waals surface area (Å²) >= 11 is 0. The molecule has 0 spiro atoms. The Morgan fingerprint density at radius 2 is 1.90 bits per heavy atom. The van der Waals surface area contributed by atoms with Gasteiger partial charge in [0.2, 0.25) is 0 Å². The molecule has 2 atom stereocenters. The lowest BCUT2D eigenvalue weighted by Gasteiger charge is -2.28. The molecule has 2 aromatic carbocycles. The molecule has 2 aliphatic rings. The maximum atomic E-state index is 12.5. The van der Waals surface area contributed by atoms with Gasteiger partial charge in [-0.1, -0.05) is 42.5 Å². The first-order valence-corrected chi connectivity index (χ1v) is 10.5. The number of carbonyl (C=O) groups excluding carboxylic acids is 2. The minimum atomic E-state index is -0.723. The first-order chi connectivity index (χ1) is 15.2. The van der Waals surface area contributed by atoms with Gasteiger partial charge < -0.3 is 14.2 Å². The van der Waals surface area contributed by atoms with E-state index in [1.54, 1.807) is 6.07 Å². The van der Waals surface area contributed by atoms with Crippen molar-refractivity contribution in [3.05, 3.63) is 59.7 Å². The third-order valence-electron chi connectivity index (χ3n) is 5.20. The monoisotopic (exact) mass is 426 g/mol. The fourth-order valence-electron chi connectivity index (χ4n) is 3.55. The second-order valence-electron chi connectivity index (χ2n) is 7.51. The van der Waals surface area contributed by atoms with E-state index < -0.39 is 18.5 Å². The van der Waals surface area contributed by atoms with Gasteiger partial charge in [0.15, 0.2) is 12.4 Å². The number of hydrogen-bond acceptors (Lipinski definition) is 6. The Labute approximate surface area is 180 Å². The predicted molar refractivity (Wildman–Crippen MR) is 112 cm³/mol. The number of rotatable bonds is 6. The average molecular weight is 426 g/mol. The Hall–Kier alpha value is -3.10. The minimum Gasteiger partial charge on any atom is -0.478 e. The molecule has 2 aromatic rings. The lowest BCUT2D eigenvalue weighted by atomic mass is 10.0. The van der Waals surface area contributed by atoms with Crippen LogP contribution in [0.4, 0.5) is 10.5 Å². The molecule has 31 heavy (non-hydrogen) atoms. The van der Waals surface area contributed by atoms with Crippen LogP contribution in [-0.2, 0) is 32.1 Å². The molecule has 8 heteroatoms. The van der Waals surface area contributed by atoms with Crippen LogP contribution >= 0.6 is 0 Å². The molecule has 4 rings (SSSR count). The summed E-state index contributed by atoms with van der Waals surface area (Å²) in [7, 11) is 0. The van der Waals surface area contributed by atoms with Gasteiger partial charge in [-0.05, 0) is 42.9 Å². The van der Waals surface area contributed by atoms with Crippen LogP contribution in [0.5, 0.6) is 5.75 Å². The summed E-state index contributed by atoms with van der Waals surface area (Å²) in [6, 6.07) is 14.9. The summed E-state index contributed by atoms with van der Waals surface area (Å²) in [5, 5.41) is 2.71. The van der Waals surface area contributed by atoms with Gasteiger partial charge >= 0.3 is 6.09 Å². The number of nitrogens with one attached hydrogen (secondary N) is 2. The molecule has 1 saturated heterocycles. The summed E-state index contributed by atoms with van der Waals surface area (Å²) in [6.07, 6.45) is 2.16. The van der Waals surface area contributed by atoms with Gasteiger partial charge in [0, 0.05) is 13.0 Å². The number of aryl methyl sites for hydroxylation is 1.